The zero-order valence-corrected chi connectivity index (χ0v) is 17.0. The molecule has 152 valence electrons. The largest absolute Gasteiger partial charge is 0.352 e. The molecule has 6 nitrogen and oxygen atoms in total. The molecule has 3 N–H and O–H groups in total. The smallest absolute Gasteiger partial charge is 0.251 e. The monoisotopic (exact) mass is 413 g/mol. The second kappa shape index (κ2) is 9.56. The van der Waals surface area contributed by atoms with Crippen LogP contribution in [0.1, 0.15) is 53.7 Å². The van der Waals surface area contributed by atoms with Crippen LogP contribution in [0.2, 0.25) is 5.02 Å². The molecule has 1 fully saturated rings. The van der Waals surface area contributed by atoms with Crippen molar-refractivity contribution in [1.29, 1.82) is 0 Å². The summed E-state index contributed by atoms with van der Waals surface area (Å²) in [7, 11) is 0. The first-order chi connectivity index (χ1) is 13.9. The van der Waals surface area contributed by atoms with Gasteiger partial charge >= 0.3 is 0 Å². The molecule has 29 heavy (non-hydrogen) atoms. The molecule has 1 atom stereocenters. The zero-order valence-electron chi connectivity index (χ0n) is 16.2. The lowest BCUT2D eigenvalue weighted by Crippen LogP contribution is -2.32. The SMILES string of the molecule is CC(=O)NC(CC(=O)NCc1ccc(C(=O)NC2CC2)cc1)c1ccc(Cl)cc1. The van der Waals surface area contributed by atoms with Gasteiger partial charge in [0.05, 0.1) is 12.5 Å². The van der Waals surface area contributed by atoms with Crippen LogP contribution in [0.25, 0.3) is 0 Å². The molecule has 3 rings (SSSR count). The van der Waals surface area contributed by atoms with Crippen molar-refractivity contribution in [2.75, 3.05) is 0 Å². The van der Waals surface area contributed by atoms with Crippen molar-refractivity contribution in [2.24, 2.45) is 0 Å². The summed E-state index contributed by atoms with van der Waals surface area (Å²) >= 11 is 5.91. The van der Waals surface area contributed by atoms with E-state index in [0.717, 1.165) is 24.0 Å². The minimum atomic E-state index is -0.432. The van der Waals surface area contributed by atoms with Gasteiger partial charge < -0.3 is 16.0 Å². The number of nitrogens with one attached hydrogen (secondary N) is 3. The van der Waals surface area contributed by atoms with Crippen molar-refractivity contribution >= 4 is 29.3 Å². The minimum Gasteiger partial charge on any atom is -0.352 e. The maximum Gasteiger partial charge on any atom is 0.251 e. The Morgan fingerprint density at radius 3 is 2.28 bits per heavy atom. The number of halogens is 1. The molecule has 2 aromatic carbocycles. The van der Waals surface area contributed by atoms with E-state index in [4.69, 9.17) is 11.6 Å². The van der Waals surface area contributed by atoms with Gasteiger partial charge in [-0.3, -0.25) is 14.4 Å². The second-order valence-corrected chi connectivity index (χ2v) is 7.67. The van der Waals surface area contributed by atoms with Crippen LogP contribution in [0.3, 0.4) is 0 Å². The molecule has 0 aliphatic heterocycles. The summed E-state index contributed by atoms with van der Waals surface area (Å²) in [4.78, 5) is 35.9. The predicted octanol–water partition coefficient (Wildman–Crippen LogP) is 3.12. The molecule has 0 saturated heterocycles. The van der Waals surface area contributed by atoms with E-state index in [1.165, 1.54) is 6.92 Å². The van der Waals surface area contributed by atoms with Gasteiger partial charge in [-0.05, 0) is 48.2 Å². The van der Waals surface area contributed by atoms with E-state index in [1.807, 2.05) is 12.1 Å². The summed E-state index contributed by atoms with van der Waals surface area (Å²) in [6.45, 7) is 1.76. The van der Waals surface area contributed by atoms with Crippen molar-refractivity contribution in [1.82, 2.24) is 16.0 Å². The molecule has 3 amide bonds. The molecule has 0 aromatic heterocycles. The number of carbonyl (C=O) groups excluding carboxylic acids is 3. The van der Waals surface area contributed by atoms with Crippen molar-refractivity contribution in [3.8, 4) is 0 Å². The van der Waals surface area contributed by atoms with Gasteiger partial charge in [0.2, 0.25) is 11.8 Å². The van der Waals surface area contributed by atoms with Crippen LogP contribution < -0.4 is 16.0 Å². The van der Waals surface area contributed by atoms with Gasteiger partial charge in [0.25, 0.3) is 5.91 Å². The highest BCUT2D eigenvalue weighted by Crippen LogP contribution is 2.20. The van der Waals surface area contributed by atoms with E-state index < -0.39 is 6.04 Å². The molecule has 0 spiro atoms. The lowest BCUT2D eigenvalue weighted by molar-refractivity contribution is -0.122. The Kier molecular flexibility index (Phi) is 6.88. The van der Waals surface area contributed by atoms with E-state index in [2.05, 4.69) is 16.0 Å². The van der Waals surface area contributed by atoms with Crippen LogP contribution in [-0.4, -0.2) is 23.8 Å². The first-order valence-corrected chi connectivity index (χ1v) is 9.97. The number of carbonyl (C=O) groups is 3. The lowest BCUT2D eigenvalue weighted by Gasteiger charge is -2.18. The molecule has 1 saturated carbocycles. The van der Waals surface area contributed by atoms with Crippen molar-refractivity contribution < 1.29 is 14.4 Å². The van der Waals surface area contributed by atoms with Crippen LogP contribution in [0.15, 0.2) is 48.5 Å². The third-order valence-corrected chi connectivity index (χ3v) is 4.91. The number of hydrogen-bond acceptors (Lipinski definition) is 3. The van der Waals surface area contributed by atoms with E-state index >= 15 is 0 Å². The molecule has 1 unspecified atom stereocenters. The Balaban J connectivity index is 1.53. The first-order valence-electron chi connectivity index (χ1n) is 9.60. The summed E-state index contributed by atoms with van der Waals surface area (Å²) < 4.78 is 0. The molecule has 0 heterocycles. The van der Waals surface area contributed by atoms with E-state index in [-0.39, 0.29) is 24.1 Å². The van der Waals surface area contributed by atoms with Gasteiger partial charge in [-0.1, -0.05) is 35.9 Å². The normalized spacial score (nSPS) is 14.0. The Labute approximate surface area is 175 Å². The molecule has 0 bridgehead atoms. The molecule has 2 aromatic rings. The van der Waals surface area contributed by atoms with Crippen LogP contribution in [-0.2, 0) is 16.1 Å². The molecular formula is C22H24ClN3O3. The summed E-state index contributed by atoms with van der Waals surface area (Å²) in [5, 5.41) is 9.19. The Hall–Kier alpha value is -2.86. The van der Waals surface area contributed by atoms with Crippen molar-refractivity contribution in [3.05, 3.63) is 70.2 Å². The van der Waals surface area contributed by atoms with Crippen LogP contribution >= 0.6 is 11.6 Å². The Morgan fingerprint density at radius 2 is 1.69 bits per heavy atom. The fourth-order valence-corrected chi connectivity index (χ4v) is 3.05. The molecule has 7 heteroatoms. The van der Waals surface area contributed by atoms with E-state index in [1.54, 1.807) is 36.4 Å². The van der Waals surface area contributed by atoms with Crippen LogP contribution in [0, 0.1) is 0 Å². The molecule has 1 aliphatic carbocycles. The van der Waals surface area contributed by atoms with Crippen LogP contribution in [0.5, 0.6) is 0 Å². The average molecular weight is 414 g/mol. The topological polar surface area (TPSA) is 87.3 Å². The van der Waals surface area contributed by atoms with E-state index in [0.29, 0.717) is 23.2 Å². The Morgan fingerprint density at radius 1 is 1.03 bits per heavy atom. The number of hydrogen-bond donors (Lipinski definition) is 3. The fourth-order valence-electron chi connectivity index (χ4n) is 2.92. The van der Waals surface area contributed by atoms with Gasteiger partial charge in [-0.25, -0.2) is 0 Å². The highest BCUT2D eigenvalue weighted by molar-refractivity contribution is 6.30. The molecular weight excluding hydrogens is 390 g/mol. The summed E-state index contributed by atoms with van der Waals surface area (Å²) in [6.07, 6.45) is 2.21. The van der Waals surface area contributed by atoms with Gasteiger partial charge in [-0.2, -0.15) is 0 Å². The third-order valence-electron chi connectivity index (χ3n) is 4.66. The number of benzene rings is 2. The van der Waals surface area contributed by atoms with Gasteiger partial charge in [-0.15, -0.1) is 0 Å². The molecule has 1 aliphatic rings. The summed E-state index contributed by atoms with van der Waals surface area (Å²) in [5.74, 6) is -0.462. The quantitative estimate of drug-likeness (QED) is 0.621. The lowest BCUT2D eigenvalue weighted by atomic mass is 10.0. The number of rotatable bonds is 8. The zero-order chi connectivity index (χ0) is 20.8. The maximum atomic E-state index is 12.4. The van der Waals surface area contributed by atoms with Gasteiger partial charge in [0.15, 0.2) is 0 Å². The third kappa shape index (κ3) is 6.61. The standard InChI is InChI=1S/C22H24ClN3O3/c1-14(27)25-20(16-6-8-18(23)9-7-16)12-21(28)24-13-15-2-4-17(5-3-15)22(29)26-19-10-11-19/h2-9,19-20H,10-13H2,1H3,(H,24,28)(H,25,27)(H,26,29). The minimum absolute atomic E-state index is 0.0656. The fraction of sp³-hybridized carbons (Fsp3) is 0.318. The summed E-state index contributed by atoms with van der Waals surface area (Å²) in [6, 6.07) is 14.1. The number of amides is 3. The van der Waals surface area contributed by atoms with E-state index in [9.17, 15) is 14.4 Å². The Bertz CT molecular complexity index is 877. The summed E-state index contributed by atoms with van der Waals surface area (Å²) in [5.41, 5.74) is 2.31. The van der Waals surface area contributed by atoms with Crippen LogP contribution in [0.4, 0.5) is 0 Å². The second-order valence-electron chi connectivity index (χ2n) is 7.23. The van der Waals surface area contributed by atoms with Gasteiger partial charge in [0.1, 0.15) is 0 Å². The van der Waals surface area contributed by atoms with Gasteiger partial charge in [0, 0.05) is 30.1 Å². The maximum absolute atomic E-state index is 12.4. The molecule has 0 radical (unpaired) electrons. The average Bonchev–Trinajstić information content (AvgIpc) is 3.50. The van der Waals surface area contributed by atoms with Crippen molar-refractivity contribution in [3.63, 3.8) is 0 Å². The highest BCUT2D eigenvalue weighted by atomic mass is 35.5. The highest BCUT2D eigenvalue weighted by Gasteiger charge is 2.23. The predicted molar refractivity (Wildman–Crippen MR) is 111 cm³/mol. The first kappa shape index (κ1) is 20.9. The van der Waals surface area contributed by atoms with Crippen molar-refractivity contribution in [2.45, 2.75) is 44.8 Å².